The fraction of sp³-hybridized carbons (Fsp3) is 0.143. The molecule has 0 heterocycles. The number of benzene rings is 2. The summed E-state index contributed by atoms with van der Waals surface area (Å²) in [5.41, 5.74) is 7.92. The molecule has 2 aromatic carbocycles. The Morgan fingerprint density at radius 2 is 1.86 bits per heavy atom. The van der Waals surface area contributed by atoms with Crippen molar-refractivity contribution in [2.45, 2.75) is 4.90 Å². The highest BCUT2D eigenvalue weighted by Gasteiger charge is 2.13. The van der Waals surface area contributed by atoms with Gasteiger partial charge in [0.2, 0.25) is 0 Å². The first kappa shape index (κ1) is 15.5. The van der Waals surface area contributed by atoms with Gasteiger partial charge in [0.1, 0.15) is 5.88 Å². The molecule has 5 nitrogen and oxygen atoms in total. The van der Waals surface area contributed by atoms with E-state index in [9.17, 15) is 8.42 Å². The number of nitrogens with one attached hydrogen (secondary N) is 2. The van der Waals surface area contributed by atoms with Crippen molar-refractivity contribution >= 4 is 38.8 Å². The summed E-state index contributed by atoms with van der Waals surface area (Å²) in [4.78, 5) is 0.297. The zero-order valence-corrected chi connectivity index (χ0v) is 13.2. The Kier molecular flexibility index (Phi) is 4.98. The molecule has 112 valence electrons. The van der Waals surface area contributed by atoms with Crippen molar-refractivity contribution in [3.63, 3.8) is 0 Å². The Labute approximate surface area is 129 Å². The number of hydrogen-bond acceptors (Lipinski definition) is 6. The average molecular weight is 323 g/mol. The van der Waals surface area contributed by atoms with E-state index >= 15 is 0 Å². The van der Waals surface area contributed by atoms with Crippen molar-refractivity contribution in [3.05, 3.63) is 48.5 Å². The van der Waals surface area contributed by atoms with Crippen LogP contribution in [0.5, 0.6) is 0 Å². The molecule has 7 heteroatoms. The average Bonchev–Trinajstić information content (AvgIpc) is 2.49. The van der Waals surface area contributed by atoms with Crippen LogP contribution in [0.3, 0.4) is 0 Å². The molecule has 0 atom stereocenters. The summed E-state index contributed by atoms with van der Waals surface area (Å²) in [5.74, 6) is -0.175. The monoisotopic (exact) mass is 323 g/mol. The minimum atomic E-state index is -3.36. The van der Waals surface area contributed by atoms with E-state index < -0.39 is 9.84 Å². The second-order valence-electron chi connectivity index (χ2n) is 4.36. The van der Waals surface area contributed by atoms with Crippen LogP contribution in [0, 0.1) is 0 Å². The number of hydrogen-bond donors (Lipinski definition) is 3. The second kappa shape index (κ2) is 6.73. The van der Waals surface area contributed by atoms with Crippen molar-refractivity contribution in [3.8, 4) is 0 Å². The highest BCUT2D eigenvalue weighted by molar-refractivity contribution is 7.99. The molecule has 0 aromatic heterocycles. The van der Waals surface area contributed by atoms with E-state index in [1.54, 1.807) is 42.5 Å². The standard InChI is InChI=1S/C14H17N3O2S2/c1-20-17-14-8-7-11(9-13(14)15)16-10-21(18,19)12-5-3-2-4-6-12/h2-9,16-17H,10,15H2,1H3. The summed E-state index contributed by atoms with van der Waals surface area (Å²) >= 11 is 1.44. The van der Waals surface area contributed by atoms with E-state index in [0.29, 0.717) is 16.3 Å². The van der Waals surface area contributed by atoms with Crippen LogP contribution in [-0.4, -0.2) is 20.6 Å². The van der Waals surface area contributed by atoms with E-state index in [-0.39, 0.29) is 5.88 Å². The Morgan fingerprint density at radius 3 is 2.48 bits per heavy atom. The lowest BCUT2D eigenvalue weighted by atomic mass is 10.2. The third kappa shape index (κ3) is 4.05. The third-order valence-electron chi connectivity index (χ3n) is 2.83. The first-order valence-corrected chi connectivity index (χ1v) is 9.11. The molecular formula is C14H17N3O2S2. The van der Waals surface area contributed by atoms with E-state index in [4.69, 9.17) is 5.73 Å². The molecular weight excluding hydrogens is 306 g/mol. The van der Waals surface area contributed by atoms with E-state index in [0.717, 1.165) is 5.69 Å². The lowest BCUT2D eigenvalue weighted by molar-refractivity contribution is 0.598. The molecule has 4 N–H and O–H groups in total. The fourth-order valence-corrected chi connectivity index (χ4v) is 3.27. The number of nitrogen functional groups attached to an aromatic ring is 1. The van der Waals surface area contributed by atoms with Crippen LogP contribution in [0.15, 0.2) is 53.4 Å². The Hall–Kier alpha value is -1.86. The molecule has 0 saturated carbocycles. The highest BCUT2D eigenvalue weighted by atomic mass is 32.2. The van der Waals surface area contributed by atoms with Crippen LogP contribution in [0.2, 0.25) is 0 Å². The van der Waals surface area contributed by atoms with E-state index in [1.807, 2.05) is 12.3 Å². The maximum atomic E-state index is 12.2. The first-order chi connectivity index (χ1) is 10.0. The maximum absolute atomic E-state index is 12.2. The van der Waals surface area contributed by atoms with Gasteiger partial charge in [-0.15, -0.1) is 0 Å². The van der Waals surface area contributed by atoms with Gasteiger partial charge in [-0.05, 0) is 30.3 Å². The normalized spacial score (nSPS) is 11.1. The molecule has 0 aliphatic heterocycles. The molecule has 0 saturated heterocycles. The first-order valence-electron chi connectivity index (χ1n) is 6.23. The lowest BCUT2D eigenvalue weighted by Gasteiger charge is -2.11. The topological polar surface area (TPSA) is 84.2 Å². The Bertz CT molecular complexity index is 703. The van der Waals surface area contributed by atoms with Crippen molar-refractivity contribution < 1.29 is 8.42 Å². The fourth-order valence-electron chi connectivity index (χ4n) is 1.77. The minimum absolute atomic E-state index is 0.175. The summed E-state index contributed by atoms with van der Waals surface area (Å²) in [6.45, 7) is 0. The zero-order chi connectivity index (χ0) is 15.3. The summed E-state index contributed by atoms with van der Waals surface area (Å²) in [7, 11) is -3.36. The maximum Gasteiger partial charge on any atom is 0.196 e. The van der Waals surface area contributed by atoms with Crippen LogP contribution in [-0.2, 0) is 9.84 Å². The van der Waals surface area contributed by atoms with Crippen LogP contribution >= 0.6 is 11.9 Å². The summed E-state index contributed by atoms with van der Waals surface area (Å²) in [5, 5.41) is 2.89. The molecule has 0 aliphatic carbocycles. The van der Waals surface area contributed by atoms with Crippen molar-refractivity contribution in [1.29, 1.82) is 0 Å². The van der Waals surface area contributed by atoms with Gasteiger partial charge < -0.3 is 15.8 Å². The molecule has 21 heavy (non-hydrogen) atoms. The lowest BCUT2D eigenvalue weighted by Crippen LogP contribution is -2.14. The van der Waals surface area contributed by atoms with Crippen molar-refractivity contribution in [1.82, 2.24) is 0 Å². The van der Waals surface area contributed by atoms with Gasteiger partial charge in [0.05, 0.1) is 16.3 Å². The molecule has 0 fully saturated rings. The van der Waals surface area contributed by atoms with Crippen LogP contribution in [0.1, 0.15) is 0 Å². The summed E-state index contributed by atoms with van der Waals surface area (Å²) in [6.07, 6.45) is 1.90. The number of sulfone groups is 1. The van der Waals surface area contributed by atoms with Crippen LogP contribution < -0.4 is 15.8 Å². The number of rotatable bonds is 6. The van der Waals surface area contributed by atoms with Gasteiger partial charge in [-0.2, -0.15) is 0 Å². The van der Waals surface area contributed by atoms with Gasteiger partial charge in [-0.3, -0.25) is 0 Å². The van der Waals surface area contributed by atoms with Gasteiger partial charge in [-0.1, -0.05) is 30.1 Å². The highest BCUT2D eigenvalue weighted by Crippen LogP contribution is 2.24. The largest absolute Gasteiger partial charge is 0.397 e. The molecule has 2 rings (SSSR count). The van der Waals surface area contributed by atoms with E-state index in [1.165, 1.54) is 11.9 Å². The predicted octanol–water partition coefficient (Wildman–Crippen LogP) is 2.80. The number of nitrogens with two attached hydrogens (primary N) is 1. The molecule has 0 radical (unpaired) electrons. The number of anilines is 3. The smallest absolute Gasteiger partial charge is 0.196 e. The van der Waals surface area contributed by atoms with Gasteiger partial charge >= 0.3 is 0 Å². The molecule has 0 unspecified atom stereocenters. The summed E-state index contributed by atoms with van der Waals surface area (Å²) < 4.78 is 27.3. The van der Waals surface area contributed by atoms with E-state index in [2.05, 4.69) is 10.0 Å². The van der Waals surface area contributed by atoms with Crippen LogP contribution in [0.4, 0.5) is 17.1 Å². The quantitative estimate of drug-likeness (QED) is 0.560. The second-order valence-corrected chi connectivity index (χ2v) is 6.96. The van der Waals surface area contributed by atoms with Gasteiger partial charge in [-0.25, -0.2) is 8.42 Å². The van der Waals surface area contributed by atoms with Crippen LogP contribution in [0.25, 0.3) is 0 Å². The molecule has 0 bridgehead atoms. The van der Waals surface area contributed by atoms with Crippen molar-refractivity contribution in [2.75, 3.05) is 27.9 Å². The molecule has 0 aliphatic rings. The van der Waals surface area contributed by atoms with Gasteiger partial charge in [0.15, 0.2) is 9.84 Å². The minimum Gasteiger partial charge on any atom is -0.397 e. The Morgan fingerprint density at radius 1 is 1.14 bits per heavy atom. The van der Waals surface area contributed by atoms with Gasteiger partial charge in [0.25, 0.3) is 0 Å². The van der Waals surface area contributed by atoms with Gasteiger partial charge in [0, 0.05) is 11.9 Å². The third-order valence-corrected chi connectivity index (χ3v) is 4.77. The van der Waals surface area contributed by atoms with Crippen molar-refractivity contribution in [2.24, 2.45) is 0 Å². The predicted molar refractivity (Wildman–Crippen MR) is 90.1 cm³/mol. The molecule has 0 spiro atoms. The zero-order valence-electron chi connectivity index (χ0n) is 11.5. The summed E-state index contributed by atoms with van der Waals surface area (Å²) in [6, 6.07) is 13.7. The Balaban J connectivity index is 2.08. The molecule has 0 amide bonds. The molecule has 2 aromatic rings. The SMILES string of the molecule is CSNc1ccc(NCS(=O)(=O)c2ccccc2)cc1N.